The van der Waals surface area contributed by atoms with Crippen molar-refractivity contribution in [3.8, 4) is 6.07 Å². The van der Waals surface area contributed by atoms with Crippen LogP contribution >= 0.6 is 0 Å². The van der Waals surface area contributed by atoms with E-state index >= 15 is 4.39 Å². The number of carbonyl (C=O) groups excluding carboxylic acids is 1. The third-order valence-corrected chi connectivity index (χ3v) is 5.27. The molecule has 0 bridgehead atoms. The smallest absolute Gasteiger partial charge is 0.414 e. The van der Waals surface area contributed by atoms with Crippen LogP contribution in [-0.2, 0) is 11.3 Å². The Labute approximate surface area is 174 Å². The summed E-state index contributed by atoms with van der Waals surface area (Å²) in [6.45, 7) is 2.97. The van der Waals surface area contributed by atoms with Gasteiger partial charge in [-0.25, -0.2) is 9.18 Å². The number of halogens is 1. The van der Waals surface area contributed by atoms with Crippen LogP contribution in [0, 0.1) is 29.5 Å². The number of hydrogen-bond acceptors (Lipinski definition) is 5. The molecular formula is C22H24FN5O2. The van der Waals surface area contributed by atoms with Crippen LogP contribution in [0.25, 0.3) is 0 Å². The van der Waals surface area contributed by atoms with E-state index in [2.05, 4.69) is 37.3 Å². The number of nitrogens with one attached hydrogen (secondary N) is 2. The number of rotatable bonds is 4. The number of nitrogens with zero attached hydrogens (tertiary/aromatic N) is 2. The first-order valence-corrected chi connectivity index (χ1v) is 9.70. The average molecular weight is 409 g/mol. The molecule has 30 heavy (non-hydrogen) atoms. The number of piperidine rings is 1. The number of benzene rings is 2. The van der Waals surface area contributed by atoms with Crippen molar-refractivity contribution in [2.75, 3.05) is 18.0 Å². The second-order valence-electron chi connectivity index (χ2n) is 7.33. The summed E-state index contributed by atoms with van der Waals surface area (Å²) >= 11 is 0. The summed E-state index contributed by atoms with van der Waals surface area (Å²) in [5.41, 5.74) is 8.21. The molecule has 0 aromatic heterocycles. The Hall–Kier alpha value is -3.60. The number of nitrogens with two attached hydrogens (primary N) is 1. The molecule has 1 aliphatic heterocycles. The van der Waals surface area contributed by atoms with Crippen LogP contribution in [0.2, 0.25) is 0 Å². The van der Waals surface area contributed by atoms with Crippen LogP contribution in [-0.4, -0.2) is 25.1 Å². The lowest BCUT2D eigenvalue weighted by Gasteiger charge is -2.34. The SMILES string of the molecule is Cc1ccc(C2CCN(c3c(C#N)ccc(COC(=O)NC(=N)N)c3F)CC2)cc1. The van der Waals surface area contributed by atoms with Gasteiger partial charge in [-0.1, -0.05) is 35.9 Å². The molecule has 1 aliphatic rings. The van der Waals surface area contributed by atoms with Crippen LogP contribution in [0.1, 0.15) is 41.0 Å². The molecule has 0 atom stereocenters. The lowest BCUT2D eigenvalue weighted by atomic mass is 9.88. The van der Waals surface area contributed by atoms with E-state index in [1.54, 1.807) is 0 Å². The summed E-state index contributed by atoms with van der Waals surface area (Å²) in [5, 5.41) is 18.4. The van der Waals surface area contributed by atoms with Crippen molar-refractivity contribution >= 4 is 17.7 Å². The Bertz CT molecular complexity index is 976. The van der Waals surface area contributed by atoms with Crippen molar-refractivity contribution in [1.29, 1.82) is 10.7 Å². The summed E-state index contributed by atoms with van der Waals surface area (Å²) in [5.74, 6) is -0.729. The van der Waals surface area contributed by atoms with Crippen molar-refractivity contribution in [3.05, 3.63) is 64.5 Å². The molecule has 8 heteroatoms. The number of alkyl carbamates (subject to hydrolysis) is 1. The number of aryl methyl sites for hydroxylation is 1. The number of guanidine groups is 1. The highest BCUT2D eigenvalue weighted by Gasteiger charge is 2.26. The molecule has 0 radical (unpaired) electrons. The maximum atomic E-state index is 15.2. The minimum Gasteiger partial charge on any atom is -0.444 e. The molecule has 156 valence electrons. The summed E-state index contributed by atoms with van der Waals surface area (Å²) in [6.07, 6.45) is 0.774. The first-order chi connectivity index (χ1) is 14.4. The summed E-state index contributed by atoms with van der Waals surface area (Å²) in [7, 11) is 0. The van der Waals surface area contributed by atoms with Gasteiger partial charge in [-0.05, 0) is 37.3 Å². The molecule has 4 N–H and O–H groups in total. The van der Waals surface area contributed by atoms with Crippen LogP contribution in [0.4, 0.5) is 14.9 Å². The molecule has 0 saturated carbocycles. The third-order valence-electron chi connectivity index (χ3n) is 5.27. The molecule has 0 unspecified atom stereocenters. The lowest BCUT2D eigenvalue weighted by molar-refractivity contribution is 0.143. The number of hydrogen-bond donors (Lipinski definition) is 3. The fraction of sp³-hybridized carbons (Fsp3) is 0.318. The zero-order chi connectivity index (χ0) is 21.7. The maximum absolute atomic E-state index is 15.2. The van der Waals surface area contributed by atoms with Gasteiger partial charge in [0.05, 0.1) is 11.3 Å². The number of amides is 1. The van der Waals surface area contributed by atoms with Gasteiger partial charge >= 0.3 is 6.09 Å². The third kappa shape index (κ3) is 4.87. The molecule has 3 rings (SSSR count). The molecule has 1 heterocycles. The Morgan fingerprint density at radius 2 is 1.97 bits per heavy atom. The second-order valence-corrected chi connectivity index (χ2v) is 7.33. The van der Waals surface area contributed by atoms with Crippen LogP contribution in [0.5, 0.6) is 0 Å². The first-order valence-electron chi connectivity index (χ1n) is 9.70. The van der Waals surface area contributed by atoms with Gasteiger partial charge < -0.3 is 15.4 Å². The van der Waals surface area contributed by atoms with Gasteiger partial charge in [0.15, 0.2) is 11.8 Å². The molecule has 1 amide bonds. The number of nitriles is 1. The van der Waals surface area contributed by atoms with E-state index in [1.807, 2.05) is 10.2 Å². The second kappa shape index (κ2) is 9.27. The number of anilines is 1. The zero-order valence-corrected chi connectivity index (χ0v) is 16.7. The van der Waals surface area contributed by atoms with Gasteiger partial charge in [0.2, 0.25) is 0 Å². The Morgan fingerprint density at radius 1 is 1.30 bits per heavy atom. The Kier molecular flexibility index (Phi) is 6.52. The Balaban J connectivity index is 1.73. The fourth-order valence-corrected chi connectivity index (χ4v) is 3.68. The zero-order valence-electron chi connectivity index (χ0n) is 16.7. The minimum absolute atomic E-state index is 0.156. The van der Waals surface area contributed by atoms with Gasteiger partial charge in [0, 0.05) is 18.7 Å². The quantitative estimate of drug-likeness (QED) is 0.528. The van der Waals surface area contributed by atoms with Crippen LogP contribution in [0.15, 0.2) is 36.4 Å². The predicted molar refractivity (Wildman–Crippen MR) is 112 cm³/mol. The van der Waals surface area contributed by atoms with Gasteiger partial charge in [0.25, 0.3) is 0 Å². The Morgan fingerprint density at radius 3 is 2.57 bits per heavy atom. The van der Waals surface area contributed by atoms with Crippen LogP contribution < -0.4 is 16.0 Å². The van der Waals surface area contributed by atoms with Crippen molar-refractivity contribution in [3.63, 3.8) is 0 Å². The summed E-state index contributed by atoms with van der Waals surface area (Å²) in [4.78, 5) is 13.4. The highest BCUT2D eigenvalue weighted by Crippen LogP contribution is 2.34. The van der Waals surface area contributed by atoms with E-state index < -0.39 is 17.9 Å². The molecule has 1 fully saturated rings. The molecule has 0 aliphatic carbocycles. The highest BCUT2D eigenvalue weighted by molar-refractivity contribution is 5.90. The largest absolute Gasteiger partial charge is 0.444 e. The van der Waals surface area contributed by atoms with Gasteiger partial charge in [-0.3, -0.25) is 10.7 Å². The average Bonchev–Trinajstić information content (AvgIpc) is 2.73. The standard InChI is InChI=1S/C22H24FN5O2/c1-14-2-4-15(5-3-14)16-8-10-28(11-9-16)20-17(12-24)6-7-18(19(20)23)13-30-22(29)27-21(25)26/h2-7,16H,8-11,13H2,1H3,(H4,25,26,27,29). The number of ether oxygens (including phenoxy) is 1. The van der Waals surface area contributed by atoms with Gasteiger partial charge in [0.1, 0.15) is 12.7 Å². The topological polar surface area (TPSA) is 115 Å². The van der Waals surface area contributed by atoms with Gasteiger partial charge in [-0.15, -0.1) is 0 Å². The van der Waals surface area contributed by atoms with E-state index in [4.69, 9.17) is 15.9 Å². The predicted octanol–water partition coefficient (Wildman–Crippen LogP) is 3.51. The van der Waals surface area contributed by atoms with Crippen molar-refractivity contribution < 1.29 is 13.9 Å². The van der Waals surface area contributed by atoms with E-state index in [0.29, 0.717) is 19.0 Å². The van der Waals surface area contributed by atoms with Gasteiger partial charge in [-0.2, -0.15) is 5.26 Å². The van der Waals surface area contributed by atoms with E-state index in [-0.39, 0.29) is 23.4 Å². The van der Waals surface area contributed by atoms with E-state index in [1.165, 1.54) is 23.3 Å². The lowest BCUT2D eigenvalue weighted by Crippen LogP contribution is -2.36. The monoisotopic (exact) mass is 409 g/mol. The van der Waals surface area contributed by atoms with E-state index in [0.717, 1.165) is 12.8 Å². The molecular weight excluding hydrogens is 385 g/mol. The molecule has 0 spiro atoms. The van der Waals surface area contributed by atoms with E-state index in [9.17, 15) is 10.1 Å². The summed E-state index contributed by atoms with van der Waals surface area (Å²) < 4.78 is 20.1. The molecule has 1 saturated heterocycles. The first kappa shape index (κ1) is 21.1. The van der Waals surface area contributed by atoms with Crippen molar-refractivity contribution in [1.82, 2.24) is 5.32 Å². The summed E-state index contributed by atoms with van der Waals surface area (Å²) in [6, 6.07) is 13.5. The number of carbonyl (C=O) groups is 1. The van der Waals surface area contributed by atoms with Crippen molar-refractivity contribution in [2.24, 2.45) is 5.73 Å². The highest BCUT2D eigenvalue weighted by atomic mass is 19.1. The maximum Gasteiger partial charge on any atom is 0.414 e. The minimum atomic E-state index is -0.938. The van der Waals surface area contributed by atoms with Crippen LogP contribution in [0.3, 0.4) is 0 Å². The molecule has 2 aromatic rings. The normalized spacial score (nSPS) is 14.1. The fourth-order valence-electron chi connectivity index (χ4n) is 3.68. The molecule has 2 aromatic carbocycles. The van der Waals surface area contributed by atoms with Crippen molar-refractivity contribution in [2.45, 2.75) is 32.3 Å². The molecule has 7 nitrogen and oxygen atoms in total.